The van der Waals surface area contributed by atoms with Crippen LogP contribution in [-0.2, 0) is 0 Å². The number of nitrogens with zero attached hydrogens (tertiary/aromatic N) is 4. The van der Waals surface area contributed by atoms with Crippen LogP contribution in [0.2, 0.25) is 0 Å². The predicted octanol–water partition coefficient (Wildman–Crippen LogP) is 6.82. The molecule has 0 saturated heterocycles. The topological polar surface area (TPSA) is 35.1 Å². The molecular formula is C26H32N4. The van der Waals surface area contributed by atoms with Crippen molar-refractivity contribution in [2.45, 2.75) is 79.2 Å². The van der Waals surface area contributed by atoms with Crippen LogP contribution >= 0.6 is 0 Å². The van der Waals surface area contributed by atoms with Crippen molar-refractivity contribution in [1.82, 2.24) is 19.2 Å². The molecule has 156 valence electrons. The standard InChI is InChI=1S/C26H32N4/c1-7-20(8-2)29-12-11-21-18(6)27-25-23(22-16(4)13-15(3)14-17(22)5)24(19-9-10-19)28-30(25)26(21)29/h11-14,19-20H,7-10H2,1-6H3. The third kappa shape index (κ3) is 2.80. The Morgan fingerprint density at radius 3 is 2.27 bits per heavy atom. The molecule has 4 heteroatoms. The van der Waals surface area contributed by atoms with E-state index < -0.39 is 0 Å². The fraction of sp³-hybridized carbons (Fsp3) is 0.462. The van der Waals surface area contributed by atoms with Crippen molar-refractivity contribution in [3.05, 3.63) is 52.5 Å². The van der Waals surface area contributed by atoms with Crippen LogP contribution in [0.5, 0.6) is 0 Å². The van der Waals surface area contributed by atoms with Crippen molar-refractivity contribution in [2.24, 2.45) is 0 Å². The molecule has 0 radical (unpaired) electrons. The van der Waals surface area contributed by atoms with Crippen molar-refractivity contribution in [3.63, 3.8) is 0 Å². The molecule has 5 rings (SSSR count). The van der Waals surface area contributed by atoms with Gasteiger partial charge in [-0.15, -0.1) is 0 Å². The first-order valence-corrected chi connectivity index (χ1v) is 11.4. The van der Waals surface area contributed by atoms with Crippen LogP contribution in [0.4, 0.5) is 0 Å². The molecule has 1 aliphatic rings. The van der Waals surface area contributed by atoms with Crippen molar-refractivity contribution >= 4 is 16.7 Å². The van der Waals surface area contributed by atoms with Gasteiger partial charge in [-0.1, -0.05) is 31.5 Å². The largest absolute Gasteiger partial charge is 0.329 e. The number of rotatable bonds is 5. The van der Waals surface area contributed by atoms with Crippen molar-refractivity contribution < 1.29 is 0 Å². The third-order valence-corrected chi connectivity index (χ3v) is 6.87. The van der Waals surface area contributed by atoms with Crippen LogP contribution in [0.25, 0.3) is 27.8 Å². The summed E-state index contributed by atoms with van der Waals surface area (Å²) >= 11 is 0. The quantitative estimate of drug-likeness (QED) is 0.368. The van der Waals surface area contributed by atoms with Gasteiger partial charge in [-0.05, 0) is 76.1 Å². The Morgan fingerprint density at radius 1 is 1.00 bits per heavy atom. The summed E-state index contributed by atoms with van der Waals surface area (Å²) in [7, 11) is 0. The Morgan fingerprint density at radius 2 is 1.67 bits per heavy atom. The summed E-state index contributed by atoms with van der Waals surface area (Å²) in [6, 6.07) is 7.28. The summed E-state index contributed by atoms with van der Waals surface area (Å²) in [5.41, 5.74) is 11.1. The highest BCUT2D eigenvalue weighted by Gasteiger charge is 2.33. The lowest BCUT2D eigenvalue weighted by Gasteiger charge is -2.17. The Balaban J connectivity index is 1.91. The van der Waals surface area contributed by atoms with Gasteiger partial charge in [-0.3, -0.25) is 0 Å². The molecule has 0 aliphatic heterocycles. The smallest absolute Gasteiger partial charge is 0.165 e. The summed E-state index contributed by atoms with van der Waals surface area (Å²) in [4.78, 5) is 5.13. The Kier molecular flexibility index (Phi) is 4.49. The van der Waals surface area contributed by atoms with Gasteiger partial charge in [-0.25, -0.2) is 4.98 Å². The van der Waals surface area contributed by atoms with Crippen LogP contribution in [0.1, 0.15) is 79.6 Å². The van der Waals surface area contributed by atoms with Gasteiger partial charge >= 0.3 is 0 Å². The number of benzene rings is 1. The van der Waals surface area contributed by atoms with Gasteiger partial charge in [0.05, 0.1) is 17.0 Å². The first kappa shape index (κ1) is 19.3. The number of fused-ring (bicyclic) bond motifs is 3. The molecule has 0 amide bonds. The molecular weight excluding hydrogens is 368 g/mol. The maximum atomic E-state index is 5.24. The highest BCUT2D eigenvalue weighted by molar-refractivity contribution is 5.90. The first-order valence-electron chi connectivity index (χ1n) is 11.4. The summed E-state index contributed by atoms with van der Waals surface area (Å²) in [5.74, 6) is 0.564. The summed E-state index contributed by atoms with van der Waals surface area (Å²) < 4.78 is 4.59. The van der Waals surface area contributed by atoms with E-state index in [1.807, 2.05) is 0 Å². The molecule has 1 aliphatic carbocycles. The molecule has 4 nitrogen and oxygen atoms in total. The van der Waals surface area contributed by atoms with E-state index in [1.165, 1.54) is 57.4 Å². The molecule has 30 heavy (non-hydrogen) atoms. The molecule has 0 spiro atoms. The van der Waals surface area contributed by atoms with Crippen molar-refractivity contribution in [1.29, 1.82) is 0 Å². The van der Waals surface area contributed by atoms with Gasteiger partial charge in [0.15, 0.2) is 5.65 Å². The van der Waals surface area contributed by atoms with Gasteiger partial charge in [0.25, 0.3) is 0 Å². The van der Waals surface area contributed by atoms with Gasteiger partial charge in [0, 0.05) is 23.5 Å². The Hall–Kier alpha value is -2.62. The van der Waals surface area contributed by atoms with Crippen LogP contribution in [0.15, 0.2) is 24.4 Å². The van der Waals surface area contributed by atoms with E-state index in [2.05, 4.69) is 75.0 Å². The molecule has 1 aromatic carbocycles. The normalized spacial score (nSPS) is 14.5. The molecule has 0 atom stereocenters. The van der Waals surface area contributed by atoms with Crippen molar-refractivity contribution in [3.8, 4) is 11.1 Å². The monoisotopic (exact) mass is 400 g/mol. The lowest BCUT2D eigenvalue weighted by Crippen LogP contribution is -2.09. The number of aromatic nitrogens is 4. The highest BCUT2D eigenvalue weighted by atomic mass is 15.3. The minimum absolute atomic E-state index is 0.479. The maximum absolute atomic E-state index is 5.24. The number of aryl methyl sites for hydroxylation is 4. The van der Waals surface area contributed by atoms with Gasteiger partial charge in [-0.2, -0.15) is 9.61 Å². The van der Waals surface area contributed by atoms with Gasteiger partial charge in [0.2, 0.25) is 0 Å². The maximum Gasteiger partial charge on any atom is 0.165 e. The van der Waals surface area contributed by atoms with Crippen LogP contribution < -0.4 is 0 Å². The SMILES string of the molecule is CCC(CC)n1ccc2c(C)nc3c(-c4c(C)cc(C)cc4C)c(C4CC4)nn3c21. The minimum atomic E-state index is 0.479. The summed E-state index contributed by atoms with van der Waals surface area (Å²) in [5, 5.41) is 6.45. The fourth-order valence-electron chi connectivity index (χ4n) is 5.27. The molecule has 3 aromatic heterocycles. The molecule has 1 saturated carbocycles. The lowest BCUT2D eigenvalue weighted by molar-refractivity contribution is 0.480. The summed E-state index contributed by atoms with van der Waals surface area (Å²) in [6.07, 6.45) is 6.93. The van der Waals surface area contributed by atoms with E-state index in [0.717, 1.165) is 24.2 Å². The van der Waals surface area contributed by atoms with Gasteiger partial charge in [0.1, 0.15) is 5.65 Å². The average Bonchev–Trinajstić information content (AvgIpc) is 3.34. The second-order valence-corrected chi connectivity index (χ2v) is 9.17. The van der Waals surface area contributed by atoms with Crippen LogP contribution in [0.3, 0.4) is 0 Å². The Labute approximate surface area is 178 Å². The lowest BCUT2D eigenvalue weighted by atomic mass is 9.92. The number of hydrogen-bond acceptors (Lipinski definition) is 2. The van der Waals surface area contributed by atoms with Gasteiger partial charge < -0.3 is 4.57 Å². The predicted molar refractivity (Wildman–Crippen MR) is 124 cm³/mol. The van der Waals surface area contributed by atoms with E-state index in [1.54, 1.807) is 0 Å². The van der Waals surface area contributed by atoms with E-state index >= 15 is 0 Å². The number of hydrogen-bond donors (Lipinski definition) is 0. The Bertz CT molecular complexity index is 1240. The molecule has 0 bridgehead atoms. The van der Waals surface area contributed by atoms with E-state index in [9.17, 15) is 0 Å². The zero-order chi connectivity index (χ0) is 21.2. The van der Waals surface area contributed by atoms with E-state index in [0.29, 0.717) is 12.0 Å². The molecule has 4 aromatic rings. The highest BCUT2D eigenvalue weighted by Crippen LogP contribution is 2.47. The van der Waals surface area contributed by atoms with Crippen molar-refractivity contribution in [2.75, 3.05) is 0 Å². The average molecular weight is 401 g/mol. The fourth-order valence-corrected chi connectivity index (χ4v) is 5.27. The van der Waals surface area contributed by atoms with Crippen LogP contribution in [0, 0.1) is 27.7 Å². The van der Waals surface area contributed by atoms with Crippen LogP contribution in [-0.4, -0.2) is 19.2 Å². The van der Waals surface area contributed by atoms with E-state index in [-0.39, 0.29) is 0 Å². The molecule has 0 N–H and O–H groups in total. The second kappa shape index (κ2) is 6.97. The summed E-state index contributed by atoms with van der Waals surface area (Å²) in [6.45, 7) is 13.3. The zero-order valence-corrected chi connectivity index (χ0v) is 19.1. The molecule has 1 fully saturated rings. The minimum Gasteiger partial charge on any atom is -0.329 e. The first-order chi connectivity index (χ1) is 14.4. The molecule has 0 unspecified atom stereocenters. The molecule has 3 heterocycles. The zero-order valence-electron chi connectivity index (χ0n) is 19.1. The third-order valence-electron chi connectivity index (χ3n) is 6.87. The second-order valence-electron chi connectivity index (χ2n) is 9.17. The van der Waals surface area contributed by atoms with E-state index in [4.69, 9.17) is 10.1 Å².